The van der Waals surface area contributed by atoms with Gasteiger partial charge < -0.3 is 29.4 Å². The number of alkyl halides is 1. The van der Waals surface area contributed by atoms with Crippen molar-refractivity contribution >= 4 is 33.9 Å². The number of likely N-dealkylation sites (tertiary alicyclic amines) is 1. The van der Waals surface area contributed by atoms with Crippen LogP contribution in [-0.2, 0) is 29.5 Å². The lowest BCUT2D eigenvalue weighted by molar-refractivity contribution is -0.142. The van der Waals surface area contributed by atoms with Gasteiger partial charge in [-0.25, -0.2) is 14.4 Å². The molecule has 0 radical (unpaired) electrons. The number of halogens is 1. The van der Waals surface area contributed by atoms with Crippen molar-refractivity contribution in [1.29, 1.82) is 0 Å². The normalized spacial score (nSPS) is 19.0. The Labute approximate surface area is 262 Å². The van der Waals surface area contributed by atoms with Crippen molar-refractivity contribution in [3.05, 3.63) is 47.2 Å². The number of aromatic nitrogens is 4. The van der Waals surface area contributed by atoms with Gasteiger partial charge in [0, 0.05) is 58.7 Å². The number of amides is 2. The Balaban J connectivity index is 1.26. The molecule has 238 valence electrons. The van der Waals surface area contributed by atoms with Crippen molar-refractivity contribution in [2.24, 2.45) is 18.7 Å². The number of piperidine rings is 1. The molecular formula is C34H42FN7O3. The van der Waals surface area contributed by atoms with Crippen molar-refractivity contribution in [3.8, 4) is 11.5 Å². The summed E-state index contributed by atoms with van der Waals surface area (Å²) in [6.45, 7) is 4.17. The predicted octanol–water partition coefficient (Wildman–Crippen LogP) is 4.04. The summed E-state index contributed by atoms with van der Waals surface area (Å²) in [6.07, 6.45) is 4.44. The fourth-order valence-corrected chi connectivity index (χ4v) is 7.16. The standard InChI is InChI=1S/C34H42FN7O3/c1-20(45-3)33(43)40-12-9-22(10-13-40)25-6-4-5-23-15-29(42(30(23)25)18-21-7-8-21)32-38-28-16-26-27(37-31(28)39(32)2)11-14-41(34(26)44)19-24(36)17-35/h4-6,15-16,20-22,24H,7-14,17-19,36H2,1-3H3/t20-,24-/m1/s1. The number of pyridine rings is 1. The smallest absolute Gasteiger partial charge is 0.255 e. The number of hydrogen-bond acceptors (Lipinski definition) is 6. The first-order chi connectivity index (χ1) is 21.8. The summed E-state index contributed by atoms with van der Waals surface area (Å²) in [6, 6.07) is 9.97. The van der Waals surface area contributed by atoms with Crippen LogP contribution in [0.25, 0.3) is 33.6 Å². The van der Waals surface area contributed by atoms with Gasteiger partial charge in [-0.2, -0.15) is 0 Å². The summed E-state index contributed by atoms with van der Waals surface area (Å²) >= 11 is 0. The fraction of sp³-hybridized carbons (Fsp3) is 0.529. The van der Waals surface area contributed by atoms with Gasteiger partial charge in [0.25, 0.3) is 11.8 Å². The summed E-state index contributed by atoms with van der Waals surface area (Å²) in [5.74, 6) is 1.70. The van der Waals surface area contributed by atoms with E-state index < -0.39 is 18.8 Å². The van der Waals surface area contributed by atoms with E-state index in [2.05, 4.69) is 28.8 Å². The second kappa shape index (κ2) is 11.8. The molecule has 45 heavy (non-hydrogen) atoms. The topological polar surface area (TPSA) is 112 Å². The van der Waals surface area contributed by atoms with E-state index in [4.69, 9.17) is 20.4 Å². The number of nitrogens with zero attached hydrogens (tertiary/aromatic N) is 6. The van der Waals surface area contributed by atoms with Gasteiger partial charge in [-0.3, -0.25) is 9.59 Å². The summed E-state index contributed by atoms with van der Waals surface area (Å²) < 4.78 is 22.9. The molecule has 5 heterocycles. The number of hydrogen-bond donors (Lipinski definition) is 1. The van der Waals surface area contributed by atoms with Crippen LogP contribution < -0.4 is 5.73 Å². The summed E-state index contributed by atoms with van der Waals surface area (Å²) in [7, 11) is 3.58. The minimum atomic E-state index is -0.693. The van der Waals surface area contributed by atoms with Crippen molar-refractivity contribution in [2.75, 3.05) is 40.0 Å². The van der Waals surface area contributed by atoms with Crippen LogP contribution in [0.15, 0.2) is 30.3 Å². The number of nitrogens with two attached hydrogens (primary N) is 1. The van der Waals surface area contributed by atoms with Crippen molar-refractivity contribution in [2.45, 2.75) is 63.6 Å². The van der Waals surface area contributed by atoms with E-state index in [9.17, 15) is 14.0 Å². The molecule has 2 N–H and O–H groups in total. The lowest BCUT2D eigenvalue weighted by Gasteiger charge is -2.34. The molecule has 0 unspecified atom stereocenters. The number of carbonyl (C=O) groups is 2. The summed E-state index contributed by atoms with van der Waals surface area (Å²) in [5.41, 5.74) is 12.1. The van der Waals surface area contributed by atoms with Gasteiger partial charge in [-0.1, -0.05) is 18.2 Å². The zero-order chi connectivity index (χ0) is 31.4. The van der Waals surface area contributed by atoms with Crippen molar-refractivity contribution in [1.82, 2.24) is 28.9 Å². The van der Waals surface area contributed by atoms with Crippen LogP contribution in [0.4, 0.5) is 4.39 Å². The molecule has 0 bridgehead atoms. The zero-order valence-electron chi connectivity index (χ0n) is 26.3. The van der Waals surface area contributed by atoms with Crippen LogP contribution in [0, 0.1) is 5.92 Å². The largest absolute Gasteiger partial charge is 0.372 e. The molecule has 1 aliphatic carbocycles. The highest BCUT2D eigenvalue weighted by Crippen LogP contribution is 2.40. The Morgan fingerprint density at radius 3 is 2.62 bits per heavy atom. The lowest BCUT2D eigenvalue weighted by atomic mass is 9.88. The fourth-order valence-electron chi connectivity index (χ4n) is 7.16. The number of carbonyl (C=O) groups excluding carboxylic acids is 2. The Morgan fingerprint density at radius 2 is 1.91 bits per heavy atom. The van der Waals surface area contributed by atoms with Gasteiger partial charge in [0.1, 0.15) is 18.3 Å². The predicted molar refractivity (Wildman–Crippen MR) is 171 cm³/mol. The number of aryl methyl sites for hydroxylation is 1. The molecule has 0 spiro atoms. The molecule has 1 saturated carbocycles. The molecule has 3 aromatic heterocycles. The number of fused-ring (bicyclic) bond motifs is 3. The highest BCUT2D eigenvalue weighted by molar-refractivity contribution is 5.99. The third kappa shape index (κ3) is 5.39. The second-order valence-electron chi connectivity index (χ2n) is 13.1. The van der Waals surface area contributed by atoms with E-state index in [0.717, 1.165) is 55.3 Å². The molecule has 3 aliphatic rings. The van der Waals surface area contributed by atoms with Gasteiger partial charge in [-0.05, 0) is 62.1 Å². The van der Waals surface area contributed by atoms with E-state index in [1.165, 1.54) is 29.3 Å². The molecule has 11 heteroatoms. The number of rotatable bonds is 9. The van der Waals surface area contributed by atoms with E-state index in [1.807, 2.05) is 29.5 Å². The minimum Gasteiger partial charge on any atom is -0.372 e. The van der Waals surface area contributed by atoms with Gasteiger partial charge in [0.15, 0.2) is 11.5 Å². The quantitative estimate of drug-likeness (QED) is 0.304. The summed E-state index contributed by atoms with van der Waals surface area (Å²) in [5, 5.41) is 1.18. The number of benzene rings is 1. The highest BCUT2D eigenvalue weighted by atomic mass is 19.1. The molecule has 1 aromatic carbocycles. The van der Waals surface area contributed by atoms with Crippen molar-refractivity contribution < 1.29 is 18.7 Å². The second-order valence-corrected chi connectivity index (χ2v) is 13.1. The SMILES string of the molecule is CO[C@H](C)C(=O)N1CCC(c2cccc3cc(-c4nc5cc6c(nc5n4C)CCN(C[C@H](N)CF)C6=O)n(CC4CC4)c23)CC1. The monoisotopic (exact) mass is 615 g/mol. The van der Waals surface area contributed by atoms with Crippen LogP contribution in [0.3, 0.4) is 0 Å². The first-order valence-corrected chi connectivity index (χ1v) is 16.2. The Bertz CT molecular complexity index is 1770. The van der Waals surface area contributed by atoms with E-state index in [-0.39, 0.29) is 18.4 Å². The maximum absolute atomic E-state index is 13.3. The minimum absolute atomic E-state index is 0.0587. The molecule has 1 saturated heterocycles. The molecule has 2 amide bonds. The van der Waals surface area contributed by atoms with Crippen LogP contribution >= 0.6 is 0 Å². The average molecular weight is 616 g/mol. The van der Waals surface area contributed by atoms with E-state index in [1.54, 1.807) is 12.0 Å². The Hall–Kier alpha value is -3.83. The first kappa shape index (κ1) is 29.9. The van der Waals surface area contributed by atoms with Crippen LogP contribution in [0.1, 0.15) is 60.1 Å². The Kier molecular flexibility index (Phi) is 7.85. The average Bonchev–Trinajstić information content (AvgIpc) is 3.74. The lowest BCUT2D eigenvalue weighted by Crippen LogP contribution is -2.45. The van der Waals surface area contributed by atoms with Crippen LogP contribution in [0.2, 0.25) is 0 Å². The maximum atomic E-state index is 13.3. The first-order valence-electron chi connectivity index (χ1n) is 16.2. The Morgan fingerprint density at radius 1 is 1.13 bits per heavy atom. The van der Waals surface area contributed by atoms with Crippen LogP contribution in [0.5, 0.6) is 0 Å². The molecular weight excluding hydrogens is 573 g/mol. The van der Waals surface area contributed by atoms with Crippen LogP contribution in [-0.4, -0.2) is 92.8 Å². The van der Waals surface area contributed by atoms with Gasteiger partial charge in [0.05, 0.1) is 28.5 Å². The van der Waals surface area contributed by atoms with Gasteiger partial charge >= 0.3 is 0 Å². The molecule has 10 nitrogen and oxygen atoms in total. The zero-order valence-corrected chi connectivity index (χ0v) is 26.3. The number of imidazole rings is 1. The third-order valence-corrected chi connectivity index (χ3v) is 9.98. The number of ether oxygens (including phenoxy) is 1. The molecule has 2 aliphatic heterocycles. The molecule has 7 rings (SSSR count). The number of methoxy groups -OCH3 is 1. The van der Waals surface area contributed by atoms with Crippen molar-refractivity contribution in [3.63, 3.8) is 0 Å². The summed E-state index contributed by atoms with van der Waals surface area (Å²) in [4.78, 5) is 39.6. The highest BCUT2D eigenvalue weighted by Gasteiger charge is 2.32. The molecule has 2 fully saturated rings. The van der Waals surface area contributed by atoms with E-state index in [0.29, 0.717) is 35.9 Å². The van der Waals surface area contributed by atoms with Gasteiger partial charge in [-0.15, -0.1) is 0 Å². The molecule has 2 atom stereocenters. The third-order valence-electron chi connectivity index (χ3n) is 9.98. The number of para-hydroxylation sites is 1. The maximum Gasteiger partial charge on any atom is 0.255 e. The van der Waals surface area contributed by atoms with Gasteiger partial charge in [0.2, 0.25) is 0 Å². The van der Waals surface area contributed by atoms with E-state index >= 15 is 0 Å². The molecule has 4 aromatic rings.